The largest absolute Gasteiger partial charge is 0.394 e. The predicted molar refractivity (Wildman–Crippen MR) is 64.4 cm³/mol. The van der Waals surface area contributed by atoms with E-state index >= 15 is 0 Å². The Morgan fingerprint density at radius 2 is 2.00 bits per heavy atom. The Labute approximate surface area is 103 Å². The lowest BCUT2D eigenvalue weighted by Crippen LogP contribution is -2.50. The molecule has 0 aromatic carbocycles. The van der Waals surface area contributed by atoms with Gasteiger partial charge in [0.2, 0.25) is 0 Å². The highest BCUT2D eigenvalue weighted by Crippen LogP contribution is 2.41. The number of hydrogen-bond acceptors (Lipinski definition) is 5. The van der Waals surface area contributed by atoms with Crippen molar-refractivity contribution in [1.82, 2.24) is 0 Å². The van der Waals surface area contributed by atoms with Crippen molar-refractivity contribution in [3.8, 4) is 0 Å². The van der Waals surface area contributed by atoms with Crippen molar-refractivity contribution in [2.45, 2.75) is 39.6 Å². The molecule has 0 aromatic heterocycles. The Bertz CT molecular complexity index is 357. The molecule has 1 N–H and O–H groups in total. The molecule has 1 heterocycles. The van der Waals surface area contributed by atoms with Gasteiger partial charge in [0.05, 0.1) is 13.2 Å². The summed E-state index contributed by atoms with van der Waals surface area (Å²) in [6, 6.07) is 0. The highest BCUT2D eigenvalue weighted by atomic mass is 32.2. The Kier molecular flexibility index (Phi) is 4.24. The number of sulfone groups is 1. The summed E-state index contributed by atoms with van der Waals surface area (Å²) in [7, 11) is -3.21. The zero-order chi connectivity index (χ0) is 13.3. The van der Waals surface area contributed by atoms with Gasteiger partial charge in [-0.05, 0) is 0 Å². The third-order valence-corrected chi connectivity index (χ3v) is 4.76. The fourth-order valence-corrected chi connectivity index (χ4v) is 3.10. The average molecular weight is 266 g/mol. The van der Waals surface area contributed by atoms with Gasteiger partial charge in [-0.2, -0.15) is 0 Å². The average Bonchev–Trinajstić information content (AvgIpc) is 2.61. The van der Waals surface area contributed by atoms with Crippen LogP contribution in [-0.2, 0) is 19.3 Å². The molecule has 0 bridgehead atoms. The highest BCUT2D eigenvalue weighted by Gasteiger charge is 2.52. The lowest BCUT2D eigenvalue weighted by Gasteiger charge is -2.39. The van der Waals surface area contributed by atoms with Crippen LogP contribution in [0.4, 0.5) is 0 Å². The van der Waals surface area contributed by atoms with E-state index in [4.69, 9.17) is 14.6 Å². The molecular weight excluding hydrogens is 244 g/mol. The van der Waals surface area contributed by atoms with Crippen molar-refractivity contribution < 1.29 is 23.0 Å². The first-order valence-electron chi connectivity index (χ1n) is 5.79. The van der Waals surface area contributed by atoms with E-state index in [2.05, 4.69) is 0 Å². The van der Waals surface area contributed by atoms with Gasteiger partial charge in [0.15, 0.2) is 15.6 Å². The van der Waals surface area contributed by atoms with Crippen molar-refractivity contribution in [3.63, 3.8) is 0 Å². The van der Waals surface area contributed by atoms with E-state index in [9.17, 15) is 8.42 Å². The first-order valence-corrected chi connectivity index (χ1v) is 7.61. The van der Waals surface area contributed by atoms with Gasteiger partial charge >= 0.3 is 0 Å². The maximum Gasteiger partial charge on any atom is 0.187 e. The molecule has 2 atom stereocenters. The van der Waals surface area contributed by atoms with Gasteiger partial charge in [0.25, 0.3) is 0 Å². The molecule has 17 heavy (non-hydrogen) atoms. The van der Waals surface area contributed by atoms with Crippen molar-refractivity contribution in [2.75, 3.05) is 24.7 Å². The summed E-state index contributed by atoms with van der Waals surface area (Å²) in [5.41, 5.74) is -0.473. The molecule has 0 amide bonds. The fourth-order valence-electron chi connectivity index (χ4n) is 1.73. The van der Waals surface area contributed by atoms with Gasteiger partial charge in [-0.1, -0.05) is 27.7 Å². The number of ether oxygens (including phenoxy) is 2. The minimum Gasteiger partial charge on any atom is -0.394 e. The normalized spacial score (nSPS) is 30.8. The van der Waals surface area contributed by atoms with Gasteiger partial charge in [-0.25, -0.2) is 8.42 Å². The summed E-state index contributed by atoms with van der Waals surface area (Å²) >= 11 is 0. The molecule has 1 rings (SSSR count). The SMILES string of the molecule is CCS(=O)(=O)CC1(C(C)(C)C)OCC(CO)O1. The molecular formula is C11H22O5S. The maximum absolute atomic E-state index is 11.8. The van der Waals surface area contributed by atoms with E-state index in [-0.39, 0.29) is 24.7 Å². The zero-order valence-corrected chi connectivity index (χ0v) is 11.7. The molecule has 0 spiro atoms. The second-order valence-corrected chi connectivity index (χ2v) is 7.77. The highest BCUT2D eigenvalue weighted by molar-refractivity contribution is 7.91. The second kappa shape index (κ2) is 4.84. The molecule has 1 saturated heterocycles. The first kappa shape index (κ1) is 14.9. The van der Waals surface area contributed by atoms with Crippen LogP contribution in [0.25, 0.3) is 0 Å². The maximum atomic E-state index is 11.8. The summed E-state index contributed by atoms with van der Waals surface area (Å²) < 4.78 is 34.8. The number of aliphatic hydroxyl groups excluding tert-OH is 1. The van der Waals surface area contributed by atoms with Gasteiger partial charge in [0.1, 0.15) is 11.9 Å². The molecule has 5 nitrogen and oxygen atoms in total. The standard InChI is InChI=1S/C11H22O5S/c1-5-17(13,14)8-11(10(2,3)4)15-7-9(6-12)16-11/h9,12H,5-8H2,1-4H3. The molecule has 6 heteroatoms. The van der Waals surface area contributed by atoms with Gasteiger partial charge in [-0.15, -0.1) is 0 Å². The minimum absolute atomic E-state index is 0.0569. The van der Waals surface area contributed by atoms with E-state index in [0.29, 0.717) is 0 Å². The molecule has 102 valence electrons. The summed E-state index contributed by atoms with van der Waals surface area (Å²) in [6.45, 7) is 7.29. The Balaban J connectivity index is 2.98. The predicted octanol–water partition coefficient (Wildman–Crippen LogP) is 0.571. The van der Waals surface area contributed by atoms with E-state index in [1.165, 1.54) is 0 Å². The van der Waals surface area contributed by atoms with Crippen molar-refractivity contribution in [3.05, 3.63) is 0 Å². The van der Waals surface area contributed by atoms with Crippen LogP contribution in [0.2, 0.25) is 0 Å². The molecule has 0 aliphatic carbocycles. The van der Waals surface area contributed by atoms with E-state index in [1.807, 2.05) is 20.8 Å². The summed E-state index contributed by atoms with van der Waals surface area (Å²) in [5, 5.41) is 9.07. The Morgan fingerprint density at radius 3 is 2.35 bits per heavy atom. The lowest BCUT2D eigenvalue weighted by atomic mass is 9.86. The molecule has 0 aromatic rings. The minimum atomic E-state index is -3.21. The summed E-state index contributed by atoms with van der Waals surface area (Å²) in [5.74, 6) is -1.27. The van der Waals surface area contributed by atoms with Crippen LogP contribution in [0.5, 0.6) is 0 Å². The molecule has 1 fully saturated rings. The van der Waals surface area contributed by atoms with Crippen LogP contribution >= 0.6 is 0 Å². The molecule has 0 radical (unpaired) electrons. The van der Waals surface area contributed by atoms with Gasteiger partial charge in [0, 0.05) is 11.2 Å². The third-order valence-electron chi connectivity index (χ3n) is 3.06. The number of aliphatic hydroxyl groups is 1. The quantitative estimate of drug-likeness (QED) is 0.805. The first-order chi connectivity index (χ1) is 7.66. The van der Waals surface area contributed by atoms with E-state index in [0.717, 1.165) is 0 Å². The van der Waals surface area contributed by atoms with Crippen LogP contribution in [0.3, 0.4) is 0 Å². The lowest BCUT2D eigenvalue weighted by molar-refractivity contribution is -0.216. The van der Waals surface area contributed by atoms with Crippen LogP contribution in [0.1, 0.15) is 27.7 Å². The topological polar surface area (TPSA) is 72.8 Å². The fraction of sp³-hybridized carbons (Fsp3) is 1.00. The van der Waals surface area contributed by atoms with Gasteiger partial charge in [-0.3, -0.25) is 0 Å². The monoisotopic (exact) mass is 266 g/mol. The third kappa shape index (κ3) is 3.19. The molecule has 0 saturated carbocycles. The van der Waals surface area contributed by atoms with Crippen LogP contribution in [-0.4, -0.2) is 50.1 Å². The molecule has 1 aliphatic heterocycles. The zero-order valence-electron chi connectivity index (χ0n) is 10.9. The van der Waals surface area contributed by atoms with Gasteiger partial charge < -0.3 is 14.6 Å². The summed E-state index contributed by atoms with van der Waals surface area (Å²) in [6.07, 6.45) is -0.443. The summed E-state index contributed by atoms with van der Waals surface area (Å²) in [4.78, 5) is 0. The van der Waals surface area contributed by atoms with Crippen LogP contribution < -0.4 is 0 Å². The van der Waals surface area contributed by atoms with Crippen molar-refractivity contribution >= 4 is 9.84 Å². The second-order valence-electron chi connectivity index (χ2n) is 5.41. The number of rotatable bonds is 4. The smallest absolute Gasteiger partial charge is 0.187 e. The Morgan fingerprint density at radius 1 is 1.41 bits per heavy atom. The van der Waals surface area contributed by atoms with Crippen LogP contribution in [0, 0.1) is 5.41 Å². The van der Waals surface area contributed by atoms with E-state index < -0.39 is 27.1 Å². The van der Waals surface area contributed by atoms with E-state index in [1.54, 1.807) is 6.92 Å². The molecule has 2 unspecified atom stereocenters. The Hall–Kier alpha value is -0.170. The van der Waals surface area contributed by atoms with Crippen molar-refractivity contribution in [1.29, 1.82) is 0 Å². The number of hydrogen-bond donors (Lipinski definition) is 1. The van der Waals surface area contributed by atoms with Crippen LogP contribution in [0.15, 0.2) is 0 Å². The molecule has 1 aliphatic rings. The van der Waals surface area contributed by atoms with Crippen molar-refractivity contribution in [2.24, 2.45) is 5.41 Å².